The molecular formula is C10H12N2O2S2. The quantitative estimate of drug-likeness (QED) is 0.768. The van der Waals surface area contributed by atoms with Gasteiger partial charge in [0, 0.05) is 11.1 Å². The molecule has 0 radical (unpaired) electrons. The first-order chi connectivity index (χ1) is 7.65. The van der Waals surface area contributed by atoms with Crippen LogP contribution in [-0.4, -0.2) is 13.1 Å². The first-order valence-electron chi connectivity index (χ1n) is 4.34. The van der Waals surface area contributed by atoms with Crippen LogP contribution in [0.2, 0.25) is 0 Å². The summed E-state index contributed by atoms with van der Waals surface area (Å²) in [5.41, 5.74) is 12.1. The molecule has 0 aliphatic carbocycles. The SMILES string of the molecule is COC(=O)c1sccc1N.Nc1ccsc1. The number of carbonyl (C=O) groups is 1. The van der Waals surface area contributed by atoms with Gasteiger partial charge >= 0.3 is 5.97 Å². The summed E-state index contributed by atoms with van der Waals surface area (Å²) in [5, 5.41) is 5.61. The Bertz CT molecular complexity index is 437. The molecule has 6 heteroatoms. The van der Waals surface area contributed by atoms with Crippen LogP contribution in [0.4, 0.5) is 11.4 Å². The van der Waals surface area contributed by atoms with Crippen LogP contribution in [0.25, 0.3) is 0 Å². The fourth-order valence-corrected chi connectivity index (χ4v) is 2.14. The second-order valence-corrected chi connectivity index (χ2v) is 4.45. The van der Waals surface area contributed by atoms with Crippen LogP contribution in [0.3, 0.4) is 0 Å². The van der Waals surface area contributed by atoms with Crippen molar-refractivity contribution in [2.45, 2.75) is 0 Å². The summed E-state index contributed by atoms with van der Waals surface area (Å²) >= 11 is 2.90. The smallest absolute Gasteiger partial charge is 0.350 e. The summed E-state index contributed by atoms with van der Waals surface area (Å²) < 4.78 is 4.47. The van der Waals surface area contributed by atoms with Gasteiger partial charge in [-0.25, -0.2) is 4.79 Å². The Morgan fingerprint density at radius 1 is 1.31 bits per heavy atom. The molecule has 16 heavy (non-hydrogen) atoms. The molecule has 0 atom stereocenters. The van der Waals surface area contributed by atoms with E-state index in [4.69, 9.17) is 11.5 Å². The minimum atomic E-state index is -0.368. The zero-order chi connectivity index (χ0) is 12.0. The topological polar surface area (TPSA) is 78.3 Å². The van der Waals surface area contributed by atoms with E-state index >= 15 is 0 Å². The summed E-state index contributed by atoms with van der Waals surface area (Å²) in [6, 6.07) is 3.56. The molecule has 0 aliphatic heterocycles. The van der Waals surface area contributed by atoms with Crippen LogP contribution in [0.5, 0.6) is 0 Å². The van der Waals surface area contributed by atoms with E-state index in [1.54, 1.807) is 22.8 Å². The molecular weight excluding hydrogens is 244 g/mol. The van der Waals surface area contributed by atoms with Crippen LogP contribution in [0.15, 0.2) is 28.3 Å². The highest BCUT2D eigenvalue weighted by molar-refractivity contribution is 7.12. The number of hydrogen-bond donors (Lipinski definition) is 2. The molecule has 4 N–H and O–H groups in total. The number of thiophene rings is 2. The summed E-state index contributed by atoms with van der Waals surface area (Å²) in [7, 11) is 1.33. The van der Waals surface area contributed by atoms with Crippen LogP contribution < -0.4 is 11.5 Å². The Morgan fingerprint density at radius 3 is 2.38 bits per heavy atom. The Labute approximate surface area is 101 Å². The number of hydrogen-bond acceptors (Lipinski definition) is 6. The fourth-order valence-electron chi connectivity index (χ4n) is 0.853. The summed E-state index contributed by atoms with van der Waals surface area (Å²) in [6.07, 6.45) is 0. The van der Waals surface area contributed by atoms with Gasteiger partial charge in [-0.05, 0) is 22.9 Å². The molecule has 2 heterocycles. The molecule has 2 rings (SSSR count). The first-order valence-corrected chi connectivity index (χ1v) is 6.16. The van der Waals surface area contributed by atoms with Crippen molar-refractivity contribution in [3.63, 3.8) is 0 Å². The van der Waals surface area contributed by atoms with Gasteiger partial charge < -0.3 is 16.2 Å². The first kappa shape index (κ1) is 12.5. The number of methoxy groups -OCH3 is 1. The zero-order valence-electron chi connectivity index (χ0n) is 8.67. The molecule has 0 saturated carbocycles. The Morgan fingerprint density at radius 2 is 2.06 bits per heavy atom. The van der Waals surface area contributed by atoms with Crippen molar-refractivity contribution < 1.29 is 9.53 Å². The second-order valence-electron chi connectivity index (χ2n) is 2.75. The van der Waals surface area contributed by atoms with Gasteiger partial charge in [-0.15, -0.1) is 11.3 Å². The van der Waals surface area contributed by atoms with Crippen LogP contribution in [-0.2, 0) is 4.74 Å². The maximum absolute atomic E-state index is 10.8. The van der Waals surface area contributed by atoms with Gasteiger partial charge in [0.2, 0.25) is 0 Å². The molecule has 0 aromatic carbocycles. The zero-order valence-corrected chi connectivity index (χ0v) is 10.3. The largest absolute Gasteiger partial charge is 0.465 e. The third kappa shape index (κ3) is 3.56. The van der Waals surface area contributed by atoms with Gasteiger partial charge in [-0.2, -0.15) is 11.3 Å². The fraction of sp³-hybridized carbons (Fsp3) is 0.100. The lowest BCUT2D eigenvalue weighted by Crippen LogP contribution is -2.00. The lowest BCUT2D eigenvalue weighted by Gasteiger charge is -1.94. The maximum Gasteiger partial charge on any atom is 0.350 e. The predicted octanol–water partition coefficient (Wildman–Crippen LogP) is 2.45. The van der Waals surface area contributed by atoms with E-state index in [9.17, 15) is 4.79 Å². The second kappa shape index (κ2) is 6.14. The lowest BCUT2D eigenvalue weighted by atomic mass is 10.4. The number of rotatable bonds is 1. The minimum Gasteiger partial charge on any atom is -0.465 e. The van der Waals surface area contributed by atoms with Crippen molar-refractivity contribution in [2.75, 3.05) is 18.6 Å². The van der Waals surface area contributed by atoms with Gasteiger partial charge in [0.25, 0.3) is 0 Å². The summed E-state index contributed by atoms with van der Waals surface area (Å²) in [5.74, 6) is -0.368. The molecule has 2 aromatic rings. The van der Waals surface area contributed by atoms with Gasteiger partial charge in [-0.3, -0.25) is 0 Å². The maximum atomic E-state index is 10.8. The molecule has 86 valence electrons. The number of esters is 1. The molecule has 4 nitrogen and oxygen atoms in total. The highest BCUT2D eigenvalue weighted by Crippen LogP contribution is 2.18. The minimum absolute atomic E-state index is 0.368. The van der Waals surface area contributed by atoms with E-state index in [1.807, 2.05) is 16.8 Å². The van der Waals surface area contributed by atoms with Crippen LogP contribution in [0, 0.1) is 0 Å². The lowest BCUT2D eigenvalue weighted by molar-refractivity contribution is 0.0607. The van der Waals surface area contributed by atoms with E-state index in [1.165, 1.54) is 18.4 Å². The third-order valence-corrected chi connectivity index (χ3v) is 3.22. The van der Waals surface area contributed by atoms with Crippen molar-refractivity contribution in [1.82, 2.24) is 0 Å². The van der Waals surface area contributed by atoms with Crippen LogP contribution >= 0.6 is 22.7 Å². The highest BCUT2D eigenvalue weighted by atomic mass is 32.1. The van der Waals surface area contributed by atoms with E-state index in [0.717, 1.165) is 5.69 Å². The van der Waals surface area contributed by atoms with E-state index < -0.39 is 0 Å². The normalized spacial score (nSPS) is 9.06. The number of carbonyl (C=O) groups excluding carboxylic acids is 1. The van der Waals surface area contributed by atoms with Gasteiger partial charge in [0.15, 0.2) is 0 Å². The van der Waals surface area contributed by atoms with Crippen molar-refractivity contribution in [3.05, 3.63) is 33.2 Å². The standard InChI is InChI=1S/C6H7NO2S.C4H5NS/c1-9-6(8)5-4(7)2-3-10-5;5-4-1-2-6-3-4/h2-3H,7H2,1H3;1-3H,5H2. The molecule has 0 spiro atoms. The summed E-state index contributed by atoms with van der Waals surface area (Å²) in [6.45, 7) is 0. The number of nitrogen functional groups attached to an aromatic ring is 2. The van der Waals surface area contributed by atoms with Crippen molar-refractivity contribution in [2.24, 2.45) is 0 Å². The van der Waals surface area contributed by atoms with E-state index in [2.05, 4.69) is 4.74 Å². The van der Waals surface area contributed by atoms with Gasteiger partial charge in [-0.1, -0.05) is 0 Å². The predicted molar refractivity (Wildman–Crippen MR) is 68.8 cm³/mol. The number of anilines is 2. The molecule has 0 aliphatic rings. The number of ether oxygens (including phenoxy) is 1. The van der Waals surface area contributed by atoms with E-state index in [-0.39, 0.29) is 5.97 Å². The van der Waals surface area contributed by atoms with Crippen LogP contribution in [0.1, 0.15) is 9.67 Å². The van der Waals surface area contributed by atoms with Crippen molar-refractivity contribution in [3.8, 4) is 0 Å². The molecule has 0 fully saturated rings. The van der Waals surface area contributed by atoms with Gasteiger partial charge in [0.05, 0.1) is 12.8 Å². The average molecular weight is 256 g/mol. The van der Waals surface area contributed by atoms with Crippen molar-refractivity contribution in [1.29, 1.82) is 0 Å². The van der Waals surface area contributed by atoms with Gasteiger partial charge in [0.1, 0.15) is 4.88 Å². The number of nitrogens with two attached hydrogens (primary N) is 2. The highest BCUT2D eigenvalue weighted by Gasteiger charge is 2.09. The average Bonchev–Trinajstić information content (AvgIpc) is 2.89. The molecule has 0 bridgehead atoms. The third-order valence-electron chi connectivity index (χ3n) is 1.61. The molecule has 0 saturated heterocycles. The monoisotopic (exact) mass is 256 g/mol. The molecule has 0 amide bonds. The Balaban J connectivity index is 0.000000181. The Kier molecular flexibility index (Phi) is 4.81. The summed E-state index contributed by atoms with van der Waals surface area (Å²) in [4.78, 5) is 11.3. The molecule has 0 unspecified atom stereocenters. The van der Waals surface area contributed by atoms with Crippen molar-refractivity contribution >= 4 is 40.0 Å². The van der Waals surface area contributed by atoms with E-state index in [0.29, 0.717) is 10.6 Å². The molecule has 2 aromatic heterocycles. The Hall–Kier alpha value is -1.53.